The van der Waals surface area contributed by atoms with Crippen molar-refractivity contribution in [3.8, 4) is 0 Å². The van der Waals surface area contributed by atoms with Crippen LogP contribution in [-0.4, -0.2) is 28.6 Å². The van der Waals surface area contributed by atoms with E-state index >= 15 is 0 Å². The molecular weight excluding hydrogens is 324 g/mol. The predicted molar refractivity (Wildman–Crippen MR) is 95.2 cm³/mol. The van der Waals surface area contributed by atoms with Crippen LogP contribution in [-0.2, 0) is 11.2 Å². The monoisotopic (exact) mass is 346 g/mol. The lowest BCUT2D eigenvalue weighted by Gasteiger charge is -2.02. The average Bonchev–Trinajstić information content (AvgIpc) is 3.05. The lowest BCUT2D eigenvalue weighted by Crippen LogP contribution is -2.23. The fourth-order valence-electron chi connectivity index (χ4n) is 2.05. The van der Waals surface area contributed by atoms with Gasteiger partial charge in [0.1, 0.15) is 5.01 Å². The molecule has 6 nitrogen and oxygen atoms in total. The van der Waals surface area contributed by atoms with Crippen molar-refractivity contribution in [2.24, 2.45) is 0 Å². The number of rotatable bonds is 9. The van der Waals surface area contributed by atoms with Crippen molar-refractivity contribution < 1.29 is 9.59 Å². The van der Waals surface area contributed by atoms with Crippen molar-refractivity contribution in [3.05, 3.63) is 40.3 Å². The molecule has 0 fully saturated rings. The molecule has 0 radical (unpaired) electrons. The molecule has 0 spiro atoms. The van der Waals surface area contributed by atoms with Gasteiger partial charge in [-0.05, 0) is 25.0 Å². The van der Waals surface area contributed by atoms with Crippen LogP contribution in [0, 0.1) is 0 Å². The highest BCUT2D eigenvalue weighted by molar-refractivity contribution is 7.13. The average molecular weight is 346 g/mol. The molecule has 0 unspecified atom stereocenters. The van der Waals surface area contributed by atoms with E-state index in [4.69, 9.17) is 0 Å². The summed E-state index contributed by atoms with van der Waals surface area (Å²) >= 11 is 1.27. The van der Waals surface area contributed by atoms with E-state index in [-0.39, 0.29) is 11.8 Å². The summed E-state index contributed by atoms with van der Waals surface area (Å²) in [5.41, 5.74) is 0.725. The third-order valence-electron chi connectivity index (χ3n) is 3.34. The first-order chi connectivity index (χ1) is 11.7. The quantitative estimate of drug-likeness (QED) is 0.684. The fourth-order valence-corrected chi connectivity index (χ4v) is 2.82. The lowest BCUT2D eigenvalue weighted by atomic mass is 10.2. The largest absolute Gasteiger partial charge is 0.356 e. The number of para-hydroxylation sites is 1. The molecule has 0 bridgehead atoms. The van der Waals surface area contributed by atoms with Gasteiger partial charge in [-0.3, -0.25) is 9.59 Å². The third kappa shape index (κ3) is 6.08. The maximum Gasteiger partial charge on any atom is 0.286 e. The number of amides is 2. The van der Waals surface area contributed by atoms with Gasteiger partial charge in [0.2, 0.25) is 10.9 Å². The second-order valence-corrected chi connectivity index (χ2v) is 6.44. The number of hydrogen-bond donors (Lipinski definition) is 2. The molecule has 0 atom stereocenters. The maximum absolute atomic E-state index is 12.1. The molecule has 2 amide bonds. The molecule has 2 aromatic rings. The van der Waals surface area contributed by atoms with Gasteiger partial charge in [0.05, 0.1) is 0 Å². The third-order valence-corrected chi connectivity index (χ3v) is 4.32. The van der Waals surface area contributed by atoms with Gasteiger partial charge in [-0.2, -0.15) is 0 Å². The van der Waals surface area contributed by atoms with Crippen molar-refractivity contribution in [2.75, 3.05) is 11.9 Å². The van der Waals surface area contributed by atoms with E-state index in [9.17, 15) is 9.59 Å². The number of hydrogen-bond acceptors (Lipinski definition) is 5. The molecule has 2 N–H and O–H groups in total. The van der Waals surface area contributed by atoms with Crippen molar-refractivity contribution in [3.63, 3.8) is 0 Å². The predicted octanol–water partition coefficient (Wildman–Crippen LogP) is 3.03. The summed E-state index contributed by atoms with van der Waals surface area (Å²) in [6.07, 6.45) is 3.89. The normalized spacial score (nSPS) is 10.4. The highest BCUT2D eigenvalue weighted by Crippen LogP contribution is 2.15. The summed E-state index contributed by atoms with van der Waals surface area (Å²) in [6.45, 7) is 2.82. The van der Waals surface area contributed by atoms with Gasteiger partial charge in [-0.25, -0.2) is 0 Å². The van der Waals surface area contributed by atoms with Crippen LogP contribution >= 0.6 is 11.3 Å². The zero-order valence-electron chi connectivity index (χ0n) is 13.7. The van der Waals surface area contributed by atoms with Gasteiger partial charge in [0, 0.05) is 25.1 Å². The number of unbranched alkanes of at least 4 members (excludes halogenated alkanes) is 1. The molecular formula is C17H22N4O2S. The molecule has 1 heterocycles. The zero-order valence-corrected chi connectivity index (χ0v) is 14.6. The molecule has 128 valence electrons. The lowest BCUT2D eigenvalue weighted by molar-refractivity contribution is -0.121. The Hall–Kier alpha value is -2.28. The van der Waals surface area contributed by atoms with Crippen LogP contribution in [0.2, 0.25) is 0 Å². The first-order valence-corrected chi connectivity index (χ1v) is 8.96. The van der Waals surface area contributed by atoms with Crippen LogP contribution in [0.4, 0.5) is 5.69 Å². The Morgan fingerprint density at radius 1 is 1.12 bits per heavy atom. The fraction of sp³-hybridized carbons (Fsp3) is 0.412. The molecule has 0 aliphatic heterocycles. The summed E-state index contributed by atoms with van der Waals surface area (Å²) < 4.78 is 0. The van der Waals surface area contributed by atoms with Crippen LogP contribution in [0.15, 0.2) is 30.3 Å². The van der Waals surface area contributed by atoms with E-state index in [1.54, 1.807) is 0 Å². The number of carbonyl (C=O) groups excluding carboxylic acids is 2. The SMILES string of the molecule is CCCCNC(=O)CCCc1nnc(C(=O)Nc2ccccc2)s1. The first-order valence-electron chi connectivity index (χ1n) is 8.14. The Balaban J connectivity index is 1.74. The molecule has 0 aliphatic carbocycles. The maximum atomic E-state index is 12.1. The number of nitrogens with one attached hydrogen (secondary N) is 2. The van der Waals surface area contributed by atoms with Crippen LogP contribution in [0.3, 0.4) is 0 Å². The molecule has 0 aliphatic rings. The first kappa shape index (κ1) is 18.1. The number of aromatic nitrogens is 2. The molecule has 1 aromatic heterocycles. The van der Waals surface area contributed by atoms with Gasteiger partial charge in [0.25, 0.3) is 5.91 Å². The molecule has 0 saturated heterocycles. The summed E-state index contributed by atoms with van der Waals surface area (Å²) in [7, 11) is 0. The Morgan fingerprint density at radius 2 is 1.92 bits per heavy atom. The van der Waals surface area contributed by atoms with Crippen molar-refractivity contribution >= 4 is 28.8 Å². The Labute approximate surface area is 145 Å². The van der Waals surface area contributed by atoms with E-state index < -0.39 is 0 Å². The number of nitrogens with zero attached hydrogens (tertiary/aromatic N) is 2. The number of anilines is 1. The highest BCUT2D eigenvalue weighted by Gasteiger charge is 2.13. The van der Waals surface area contributed by atoms with Crippen LogP contribution in [0.25, 0.3) is 0 Å². The molecule has 7 heteroatoms. The van der Waals surface area contributed by atoms with Crippen molar-refractivity contribution in [1.29, 1.82) is 0 Å². The van der Waals surface area contributed by atoms with Crippen molar-refractivity contribution in [1.82, 2.24) is 15.5 Å². The standard InChI is InChI=1S/C17H22N4O2S/c1-2-3-12-18-14(22)10-7-11-15-20-21-17(24-15)16(23)19-13-8-5-4-6-9-13/h4-6,8-9H,2-3,7,10-12H2,1H3,(H,18,22)(H,19,23). The molecule has 1 aromatic carbocycles. The van der Waals surface area contributed by atoms with Crippen LogP contribution in [0.1, 0.15) is 47.4 Å². The van der Waals surface area contributed by atoms with Crippen molar-refractivity contribution in [2.45, 2.75) is 39.0 Å². The van der Waals surface area contributed by atoms with Gasteiger partial charge in [0.15, 0.2) is 0 Å². The minimum absolute atomic E-state index is 0.0648. The minimum atomic E-state index is -0.262. The van der Waals surface area contributed by atoms with E-state index in [0.717, 1.165) is 30.1 Å². The number of benzene rings is 1. The van der Waals surface area contributed by atoms with Crippen LogP contribution in [0.5, 0.6) is 0 Å². The zero-order chi connectivity index (χ0) is 17.2. The van der Waals surface area contributed by atoms with Gasteiger partial charge < -0.3 is 10.6 Å². The molecule has 24 heavy (non-hydrogen) atoms. The smallest absolute Gasteiger partial charge is 0.286 e. The topological polar surface area (TPSA) is 84.0 Å². The summed E-state index contributed by atoms with van der Waals surface area (Å²) in [5, 5.41) is 14.7. The van der Waals surface area contributed by atoms with Crippen LogP contribution < -0.4 is 10.6 Å². The van der Waals surface area contributed by atoms with E-state index in [1.807, 2.05) is 30.3 Å². The summed E-state index contributed by atoms with van der Waals surface area (Å²) in [5.74, 6) is -0.197. The molecule has 2 rings (SSSR count). The highest BCUT2D eigenvalue weighted by atomic mass is 32.1. The summed E-state index contributed by atoms with van der Waals surface area (Å²) in [4.78, 5) is 23.7. The van der Waals surface area contributed by atoms with Gasteiger partial charge >= 0.3 is 0 Å². The Kier molecular flexibility index (Phi) is 7.35. The van der Waals surface area contributed by atoms with Gasteiger partial charge in [-0.15, -0.1) is 10.2 Å². The number of aryl methyl sites for hydroxylation is 1. The Bertz CT molecular complexity index is 658. The van der Waals surface area contributed by atoms with E-state index in [2.05, 4.69) is 27.8 Å². The Morgan fingerprint density at radius 3 is 2.67 bits per heavy atom. The van der Waals surface area contributed by atoms with E-state index in [0.29, 0.717) is 24.3 Å². The van der Waals surface area contributed by atoms with E-state index in [1.165, 1.54) is 11.3 Å². The second kappa shape index (κ2) is 9.77. The minimum Gasteiger partial charge on any atom is -0.356 e. The van der Waals surface area contributed by atoms with Gasteiger partial charge in [-0.1, -0.05) is 42.9 Å². The molecule has 0 saturated carbocycles. The second-order valence-electron chi connectivity index (χ2n) is 5.38. The summed E-state index contributed by atoms with van der Waals surface area (Å²) in [6, 6.07) is 9.23. The number of carbonyl (C=O) groups is 2.